The molecule has 4 heteroatoms. The van der Waals surface area contributed by atoms with Crippen molar-refractivity contribution in [1.82, 2.24) is 10.6 Å². The molecule has 2 fully saturated rings. The third-order valence-corrected chi connectivity index (χ3v) is 3.44. The topological polar surface area (TPSA) is 50.4 Å². The van der Waals surface area contributed by atoms with Crippen LogP contribution < -0.4 is 10.6 Å². The Morgan fingerprint density at radius 3 is 2.71 bits per heavy atom. The molecule has 0 aromatic rings. The first-order valence-electron chi connectivity index (χ1n) is 5.32. The van der Waals surface area contributed by atoms with Crippen molar-refractivity contribution in [1.29, 1.82) is 0 Å². The van der Waals surface area contributed by atoms with Crippen molar-refractivity contribution >= 4 is 5.97 Å². The van der Waals surface area contributed by atoms with Crippen molar-refractivity contribution in [3.05, 3.63) is 0 Å². The van der Waals surface area contributed by atoms with Crippen molar-refractivity contribution < 1.29 is 9.53 Å². The highest BCUT2D eigenvalue weighted by molar-refractivity contribution is 5.76. The smallest absolute Gasteiger partial charge is 0.322 e. The van der Waals surface area contributed by atoms with Gasteiger partial charge in [-0.3, -0.25) is 10.1 Å². The quantitative estimate of drug-likeness (QED) is 0.584. The van der Waals surface area contributed by atoms with Gasteiger partial charge in [-0.1, -0.05) is 0 Å². The fourth-order valence-electron chi connectivity index (χ4n) is 2.55. The van der Waals surface area contributed by atoms with Crippen LogP contribution in [0.2, 0.25) is 0 Å². The summed E-state index contributed by atoms with van der Waals surface area (Å²) in [7, 11) is 1.46. The van der Waals surface area contributed by atoms with Crippen molar-refractivity contribution in [2.75, 3.05) is 20.2 Å². The minimum absolute atomic E-state index is 0.0712. The second-order valence-electron chi connectivity index (χ2n) is 4.29. The van der Waals surface area contributed by atoms with Gasteiger partial charge in [0.15, 0.2) is 0 Å². The molecule has 0 aliphatic carbocycles. The second kappa shape index (κ2) is 3.87. The molecule has 2 saturated heterocycles. The fourth-order valence-corrected chi connectivity index (χ4v) is 2.55. The Morgan fingerprint density at radius 2 is 2.07 bits per heavy atom. The predicted octanol–water partition coefficient (Wildman–Crippen LogP) is 0.0336. The molecule has 2 aliphatic heterocycles. The Kier molecular flexibility index (Phi) is 2.74. The molecule has 80 valence electrons. The largest absolute Gasteiger partial charge is 0.468 e. The lowest BCUT2D eigenvalue weighted by Crippen LogP contribution is -2.51. The summed E-state index contributed by atoms with van der Waals surface area (Å²) in [4.78, 5) is 11.3. The van der Waals surface area contributed by atoms with Crippen molar-refractivity contribution in [3.8, 4) is 0 Å². The van der Waals surface area contributed by atoms with Crippen LogP contribution in [0, 0.1) is 0 Å². The van der Waals surface area contributed by atoms with Crippen molar-refractivity contribution in [2.24, 2.45) is 0 Å². The van der Waals surface area contributed by atoms with Gasteiger partial charge in [-0.05, 0) is 38.8 Å². The van der Waals surface area contributed by atoms with E-state index in [0.717, 1.165) is 38.8 Å². The van der Waals surface area contributed by atoms with Gasteiger partial charge in [-0.25, -0.2) is 0 Å². The molecular weight excluding hydrogens is 180 g/mol. The molecule has 2 aliphatic rings. The number of rotatable bonds is 1. The van der Waals surface area contributed by atoms with Crippen LogP contribution in [0.15, 0.2) is 0 Å². The minimum Gasteiger partial charge on any atom is -0.468 e. The van der Waals surface area contributed by atoms with E-state index in [9.17, 15) is 4.79 Å². The van der Waals surface area contributed by atoms with Gasteiger partial charge >= 0.3 is 5.97 Å². The van der Waals surface area contributed by atoms with Gasteiger partial charge < -0.3 is 10.1 Å². The number of hydrogen-bond acceptors (Lipinski definition) is 4. The van der Waals surface area contributed by atoms with Crippen LogP contribution in [-0.2, 0) is 9.53 Å². The van der Waals surface area contributed by atoms with E-state index in [1.54, 1.807) is 0 Å². The van der Waals surface area contributed by atoms with Gasteiger partial charge in [0.2, 0.25) is 0 Å². The lowest BCUT2D eigenvalue weighted by molar-refractivity contribution is -0.142. The van der Waals surface area contributed by atoms with E-state index in [2.05, 4.69) is 10.6 Å². The summed E-state index contributed by atoms with van der Waals surface area (Å²) in [5, 5.41) is 6.78. The number of nitrogens with one attached hydrogen (secondary N) is 2. The SMILES string of the molecule is COC(=O)C1CCC2(CCNCC2)N1. The summed E-state index contributed by atoms with van der Waals surface area (Å²) in [5.41, 5.74) is 0.212. The second-order valence-corrected chi connectivity index (χ2v) is 4.29. The molecule has 0 aromatic carbocycles. The number of piperidine rings is 1. The first-order valence-corrected chi connectivity index (χ1v) is 5.32. The molecule has 0 radical (unpaired) electrons. The van der Waals surface area contributed by atoms with Crippen molar-refractivity contribution in [2.45, 2.75) is 37.3 Å². The standard InChI is InChI=1S/C10H18N2O2/c1-14-9(13)8-2-3-10(12-8)4-6-11-7-5-10/h8,11-12H,2-7H2,1H3. The van der Waals surface area contributed by atoms with E-state index in [4.69, 9.17) is 4.74 Å². The van der Waals surface area contributed by atoms with E-state index < -0.39 is 0 Å². The average molecular weight is 198 g/mol. The third-order valence-electron chi connectivity index (χ3n) is 3.44. The molecular formula is C10H18N2O2. The summed E-state index contributed by atoms with van der Waals surface area (Å²) in [6, 6.07) is -0.0712. The Labute approximate surface area is 84.4 Å². The highest BCUT2D eigenvalue weighted by Crippen LogP contribution is 2.31. The molecule has 2 N–H and O–H groups in total. The Hall–Kier alpha value is -0.610. The average Bonchev–Trinajstić information content (AvgIpc) is 2.62. The van der Waals surface area contributed by atoms with Gasteiger partial charge in [0, 0.05) is 5.54 Å². The van der Waals surface area contributed by atoms with Crippen LogP contribution in [0.5, 0.6) is 0 Å². The normalized spacial score (nSPS) is 30.5. The fraction of sp³-hybridized carbons (Fsp3) is 0.900. The summed E-state index contributed by atoms with van der Waals surface area (Å²) in [5.74, 6) is -0.111. The third kappa shape index (κ3) is 1.77. The molecule has 0 aromatic heterocycles. The highest BCUT2D eigenvalue weighted by Gasteiger charge is 2.41. The molecule has 0 amide bonds. The molecule has 1 atom stereocenters. The predicted molar refractivity (Wildman–Crippen MR) is 53.0 cm³/mol. The van der Waals surface area contributed by atoms with Gasteiger partial charge in [0.1, 0.15) is 6.04 Å². The molecule has 4 nitrogen and oxygen atoms in total. The van der Waals surface area contributed by atoms with Crippen LogP contribution in [0.3, 0.4) is 0 Å². The molecule has 14 heavy (non-hydrogen) atoms. The lowest BCUT2D eigenvalue weighted by atomic mass is 9.87. The van der Waals surface area contributed by atoms with Gasteiger partial charge in [0.05, 0.1) is 7.11 Å². The van der Waals surface area contributed by atoms with Crippen LogP contribution >= 0.6 is 0 Å². The summed E-state index contributed by atoms with van der Waals surface area (Å²) >= 11 is 0. The van der Waals surface area contributed by atoms with Gasteiger partial charge in [-0.15, -0.1) is 0 Å². The first kappa shape index (κ1) is 9.93. The van der Waals surface area contributed by atoms with E-state index in [1.165, 1.54) is 7.11 Å². The number of esters is 1. The number of carbonyl (C=O) groups excluding carboxylic acids is 1. The van der Waals surface area contributed by atoms with Crippen molar-refractivity contribution in [3.63, 3.8) is 0 Å². The number of methoxy groups -OCH3 is 1. The zero-order chi connectivity index (χ0) is 10.0. The maximum Gasteiger partial charge on any atom is 0.322 e. The van der Waals surface area contributed by atoms with E-state index in [-0.39, 0.29) is 17.6 Å². The van der Waals surface area contributed by atoms with E-state index in [1.807, 2.05) is 0 Å². The zero-order valence-corrected chi connectivity index (χ0v) is 8.64. The Morgan fingerprint density at radius 1 is 1.36 bits per heavy atom. The van der Waals surface area contributed by atoms with Crippen LogP contribution in [0.1, 0.15) is 25.7 Å². The molecule has 0 bridgehead atoms. The Balaban J connectivity index is 1.95. The Bertz CT molecular complexity index is 224. The van der Waals surface area contributed by atoms with Crippen LogP contribution in [0.4, 0.5) is 0 Å². The molecule has 1 unspecified atom stereocenters. The summed E-state index contributed by atoms with van der Waals surface area (Å²) < 4.78 is 4.75. The molecule has 2 heterocycles. The van der Waals surface area contributed by atoms with Gasteiger partial charge in [0.25, 0.3) is 0 Å². The number of hydrogen-bond donors (Lipinski definition) is 2. The number of ether oxygens (including phenoxy) is 1. The summed E-state index contributed by atoms with van der Waals surface area (Å²) in [6.07, 6.45) is 4.28. The van der Waals surface area contributed by atoms with E-state index in [0.29, 0.717) is 0 Å². The highest BCUT2D eigenvalue weighted by atomic mass is 16.5. The zero-order valence-electron chi connectivity index (χ0n) is 8.64. The number of carbonyl (C=O) groups is 1. The van der Waals surface area contributed by atoms with Crippen LogP contribution in [0.25, 0.3) is 0 Å². The molecule has 0 saturated carbocycles. The maximum atomic E-state index is 11.3. The lowest BCUT2D eigenvalue weighted by Gasteiger charge is -2.34. The minimum atomic E-state index is -0.111. The summed E-state index contributed by atoms with van der Waals surface area (Å²) in [6.45, 7) is 2.11. The van der Waals surface area contributed by atoms with Gasteiger partial charge in [-0.2, -0.15) is 0 Å². The first-order chi connectivity index (χ1) is 6.76. The molecule has 2 rings (SSSR count). The van der Waals surface area contributed by atoms with E-state index >= 15 is 0 Å². The van der Waals surface area contributed by atoms with Crippen LogP contribution in [-0.4, -0.2) is 37.7 Å². The monoisotopic (exact) mass is 198 g/mol. The maximum absolute atomic E-state index is 11.3. The molecule has 1 spiro atoms.